The molecule has 0 aliphatic rings. The molecule has 25 heavy (non-hydrogen) atoms. The minimum Gasteiger partial charge on any atom is -0.329 e. The topological polar surface area (TPSA) is 57.7 Å². The minimum absolute atomic E-state index is 0.101. The van der Waals surface area contributed by atoms with Gasteiger partial charge in [0.2, 0.25) is 10.0 Å². The molecule has 0 bridgehead atoms. The minimum atomic E-state index is -4.57. The van der Waals surface area contributed by atoms with Crippen LogP contribution in [0.2, 0.25) is 5.02 Å². The summed E-state index contributed by atoms with van der Waals surface area (Å²) in [6, 6.07) is 3.40. The number of sulfonamides is 1. The summed E-state index contributed by atoms with van der Waals surface area (Å²) in [5.74, 6) is -0.952. The van der Waals surface area contributed by atoms with Gasteiger partial charge in [0.05, 0.1) is 15.5 Å². The Hall–Kier alpha value is -1.32. The predicted octanol–water partition coefficient (Wildman–Crippen LogP) is 3.39. The summed E-state index contributed by atoms with van der Waals surface area (Å²) >= 11 is 5.93. The molecule has 1 aromatic carbocycles. The molecule has 0 saturated heterocycles. The van der Waals surface area contributed by atoms with Gasteiger partial charge in [0.1, 0.15) is 6.54 Å². The molecule has 0 saturated carbocycles. The third-order valence-electron chi connectivity index (χ3n) is 3.39. The number of halogens is 4. The number of carbonyl (C=O) groups is 1. The van der Waals surface area contributed by atoms with Crippen molar-refractivity contribution < 1.29 is 26.4 Å². The van der Waals surface area contributed by atoms with Crippen molar-refractivity contribution in [1.29, 1.82) is 0 Å². The maximum atomic E-state index is 12.8. The van der Waals surface area contributed by atoms with Crippen molar-refractivity contribution in [2.45, 2.75) is 30.8 Å². The molecule has 142 valence electrons. The molecule has 0 aromatic heterocycles. The Labute approximate surface area is 150 Å². The molecule has 1 aromatic rings. The molecule has 0 aliphatic heterocycles. The Balaban J connectivity index is 3.29. The molecule has 0 aliphatic carbocycles. The first-order valence-electron chi connectivity index (χ1n) is 7.48. The summed E-state index contributed by atoms with van der Waals surface area (Å²) in [5.41, 5.74) is -0.273. The van der Waals surface area contributed by atoms with Crippen molar-refractivity contribution >= 4 is 27.5 Å². The average Bonchev–Trinajstić information content (AvgIpc) is 2.49. The number of hydrogen-bond donors (Lipinski definition) is 0. The monoisotopic (exact) mass is 400 g/mol. The lowest BCUT2D eigenvalue weighted by atomic mass is 10.2. The highest BCUT2D eigenvalue weighted by Gasteiger charge is 2.34. The Morgan fingerprint density at radius 1 is 1.24 bits per heavy atom. The summed E-state index contributed by atoms with van der Waals surface area (Å²) in [6.07, 6.45) is -3.58. The molecular formula is C15H20ClF3N2O3S. The van der Waals surface area contributed by atoms with E-state index in [1.54, 1.807) is 6.92 Å². The largest absolute Gasteiger partial charge is 0.406 e. The van der Waals surface area contributed by atoms with Crippen LogP contribution in [0.1, 0.15) is 30.1 Å². The highest BCUT2D eigenvalue weighted by Crippen LogP contribution is 2.25. The van der Waals surface area contributed by atoms with Crippen LogP contribution in [0.3, 0.4) is 0 Å². The van der Waals surface area contributed by atoms with Gasteiger partial charge in [0, 0.05) is 20.6 Å². The van der Waals surface area contributed by atoms with Gasteiger partial charge in [-0.25, -0.2) is 12.7 Å². The summed E-state index contributed by atoms with van der Waals surface area (Å²) in [6.45, 7) is 0.260. The summed E-state index contributed by atoms with van der Waals surface area (Å²) in [5, 5.41) is -0.105. The van der Waals surface area contributed by atoms with Gasteiger partial charge in [-0.15, -0.1) is 0 Å². The van der Waals surface area contributed by atoms with E-state index in [-0.39, 0.29) is 22.0 Å². The van der Waals surface area contributed by atoms with Crippen molar-refractivity contribution in [3.8, 4) is 0 Å². The third-order valence-corrected chi connectivity index (χ3v) is 5.53. The van der Waals surface area contributed by atoms with Crippen LogP contribution in [0, 0.1) is 0 Å². The number of amides is 1. The van der Waals surface area contributed by atoms with Crippen LogP contribution in [0.5, 0.6) is 0 Å². The van der Waals surface area contributed by atoms with Gasteiger partial charge in [-0.3, -0.25) is 4.79 Å². The van der Waals surface area contributed by atoms with E-state index in [2.05, 4.69) is 0 Å². The van der Waals surface area contributed by atoms with E-state index in [0.29, 0.717) is 17.7 Å². The number of carbonyl (C=O) groups excluding carboxylic acids is 1. The van der Waals surface area contributed by atoms with Crippen molar-refractivity contribution in [2.75, 3.05) is 27.2 Å². The van der Waals surface area contributed by atoms with Gasteiger partial charge < -0.3 is 4.90 Å². The van der Waals surface area contributed by atoms with Gasteiger partial charge in [0.15, 0.2) is 0 Å². The van der Waals surface area contributed by atoms with E-state index in [0.717, 1.165) is 10.4 Å². The van der Waals surface area contributed by atoms with E-state index >= 15 is 0 Å². The summed E-state index contributed by atoms with van der Waals surface area (Å²) < 4.78 is 63.5. The third kappa shape index (κ3) is 5.86. The number of benzene rings is 1. The van der Waals surface area contributed by atoms with Crippen LogP contribution in [0.25, 0.3) is 0 Å². The van der Waals surface area contributed by atoms with Crippen LogP contribution in [-0.4, -0.2) is 56.9 Å². The zero-order chi connectivity index (χ0) is 19.4. The predicted molar refractivity (Wildman–Crippen MR) is 89.2 cm³/mol. The molecule has 0 spiro atoms. The fourth-order valence-electron chi connectivity index (χ4n) is 2.03. The molecule has 0 N–H and O–H groups in total. The first-order chi connectivity index (χ1) is 11.4. The molecule has 5 nitrogen and oxygen atoms in total. The van der Waals surface area contributed by atoms with Crippen LogP contribution in [0.4, 0.5) is 13.2 Å². The first kappa shape index (κ1) is 21.7. The van der Waals surface area contributed by atoms with Crippen LogP contribution < -0.4 is 0 Å². The second-order valence-corrected chi connectivity index (χ2v) is 8.18. The molecule has 0 fully saturated rings. The maximum Gasteiger partial charge on any atom is 0.406 e. The summed E-state index contributed by atoms with van der Waals surface area (Å²) in [4.78, 5) is 13.0. The first-order valence-corrected chi connectivity index (χ1v) is 9.30. The van der Waals surface area contributed by atoms with Crippen molar-refractivity contribution in [1.82, 2.24) is 9.21 Å². The molecule has 0 atom stereocenters. The Kier molecular flexibility index (Phi) is 7.28. The fourth-order valence-corrected chi connectivity index (χ4v) is 3.15. The van der Waals surface area contributed by atoms with Crippen LogP contribution in [-0.2, 0) is 10.0 Å². The maximum absolute atomic E-state index is 12.8. The second kappa shape index (κ2) is 8.37. The van der Waals surface area contributed by atoms with Crippen molar-refractivity contribution in [2.24, 2.45) is 0 Å². The lowest BCUT2D eigenvalue weighted by Crippen LogP contribution is -2.39. The highest BCUT2D eigenvalue weighted by atomic mass is 35.5. The number of alkyl halides is 3. The molecule has 1 amide bonds. The van der Waals surface area contributed by atoms with Gasteiger partial charge in [-0.1, -0.05) is 24.9 Å². The Bertz CT molecular complexity index is 721. The smallest absolute Gasteiger partial charge is 0.329 e. The van der Waals surface area contributed by atoms with E-state index < -0.39 is 28.7 Å². The van der Waals surface area contributed by atoms with Gasteiger partial charge in [0.25, 0.3) is 5.91 Å². The molecule has 0 heterocycles. The SMILES string of the molecule is CCCCN(CC(F)(F)F)C(=O)c1cc(S(=O)(=O)N(C)C)ccc1Cl. The number of nitrogens with zero attached hydrogens (tertiary/aromatic N) is 2. The van der Waals surface area contributed by atoms with Gasteiger partial charge in [-0.05, 0) is 24.6 Å². The average molecular weight is 401 g/mol. The Morgan fingerprint density at radius 2 is 1.84 bits per heavy atom. The van der Waals surface area contributed by atoms with Crippen molar-refractivity contribution in [3.63, 3.8) is 0 Å². The van der Waals surface area contributed by atoms with E-state index in [4.69, 9.17) is 11.6 Å². The molecule has 1 rings (SSSR count). The standard InChI is InChI=1S/C15H20ClF3N2O3S/c1-4-5-8-21(10-15(17,18)19)14(22)12-9-11(6-7-13(12)16)25(23,24)20(2)3/h6-7,9H,4-5,8,10H2,1-3H3. The molecule has 0 unspecified atom stereocenters. The Morgan fingerprint density at radius 3 is 2.32 bits per heavy atom. The lowest BCUT2D eigenvalue weighted by Gasteiger charge is -2.24. The number of unbranched alkanes of at least 4 members (excludes halogenated alkanes) is 1. The quantitative estimate of drug-likeness (QED) is 0.705. The normalized spacial score (nSPS) is 12.5. The highest BCUT2D eigenvalue weighted by molar-refractivity contribution is 7.89. The molecule has 10 heteroatoms. The van der Waals surface area contributed by atoms with Gasteiger partial charge in [-0.2, -0.15) is 13.2 Å². The number of hydrogen-bond acceptors (Lipinski definition) is 3. The molecule has 0 radical (unpaired) electrons. The van der Waals surface area contributed by atoms with E-state index in [1.165, 1.54) is 26.2 Å². The zero-order valence-electron chi connectivity index (χ0n) is 14.1. The van der Waals surface area contributed by atoms with Crippen molar-refractivity contribution in [3.05, 3.63) is 28.8 Å². The van der Waals surface area contributed by atoms with E-state index in [9.17, 15) is 26.4 Å². The van der Waals surface area contributed by atoms with Crippen LogP contribution >= 0.6 is 11.6 Å². The molecular weight excluding hydrogens is 381 g/mol. The van der Waals surface area contributed by atoms with Crippen LogP contribution in [0.15, 0.2) is 23.1 Å². The van der Waals surface area contributed by atoms with E-state index in [1.807, 2.05) is 0 Å². The lowest BCUT2D eigenvalue weighted by molar-refractivity contribution is -0.140. The summed E-state index contributed by atoms with van der Waals surface area (Å²) in [7, 11) is -1.23. The fraction of sp³-hybridized carbons (Fsp3) is 0.533. The zero-order valence-corrected chi connectivity index (χ0v) is 15.7. The van der Waals surface area contributed by atoms with Gasteiger partial charge >= 0.3 is 6.18 Å². The number of rotatable bonds is 7. The second-order valence-electron chi connectivity index (χ2n) is 5.62.